The first-order valence-electron chi connectivity index (χ1n) is 6.61. The molecule has 0 saturated heterocycles. The highest BCUT2D eigenvalue weighted by Gasteiger charge is 2.15. The molecule has 0 fully saturated rings. The number of nitrogens with one attached hydrogen (secondary N) is 1. The summed E-state index contributed by atoms with van der Waals surface area (Å²) >= 11 is 0. The van der Waals surface area contributed by atoms with E-state index >= 15 is 0 Å². The quantitative estimate of drug-likeness (QED) is 0.888. The summed E-state index contributed by atoms with van der Waals surface area (Å²) in [5.41, 5.74) is 7.79. The van der Waals surface area contributed by atoms with Gasteiger partial charge in [0.1, 0.15) is 5.82 Å². The molecule has 112 valence electrons. The molecule has 0 aliphatic carbocycles. The van der Waals surface area contributed by atoms with E-state index < -0.39 is 11.9 Å². The van der Waals surface area contributed by atoms with Gasteiger partial charge in [-0.15, -0.1) is 0 Å². The van der Waals surface area contributed by atoms with E-state index in [9.17, 15) is 8.78 Å². The molecular weight excluding hydrogens is 274 g/mol. The highest BCUT2D eigenvalue weighted by atomic mass is 19.1. The van der Waals surface area contributed by atoms with Crippen LogP contribution < -0.4 is 15.8 Å². The van der Waals surface area contributed by atoms with Gasteiger partial charge in [-0.3, -0.25) is 0 Å². The molecule has 0 saturated carbocycles. The van der Waals surface area contributed by atoms with Crippen LogP contribution in [0, 0.1) is 18.6 Å². The second-order valence-corrected chi connectivity index (χ2v) is 4.81. The minimum atomic E-state index is -0.450. The molecule has 2 aromatic carbocycles. The number of nitrogens with two attached hydrogens (primary N) is 1. The summed E-state index contributed by atoms with van der Waals surface area (Å²) in [6, 6.07) is 8.84. The molecule has 0 aliphatic heterocycles. The van der Waals surface area contributed by atoms with Crippen LogP contribution in [0.2, 0.25) is 0 Å². The molecule has 3 nitrogen and oxygen atoms in total. The summed E-state index contributed by atoms with van der Waals surface area (Å²) in [7, 11) is 1.39. The van der Waals surface area contributed by atoms with Crippen molar-refractivity contribution in [3.8, 4) is 5.75 Å². The van der Waals surface area contributed by atoms with Crippen LogP contribution >= 0.6 is 0 Å². The average Bonchev–Trinajstić information content (AvgIpc) is 2.49. The fourth-order valence-electron chi connectivity index (χ4n) is 2.14. The molecule has 0 aromatic heterocycles. The maximum absolute atomic E-state index is 13.9. The van der Waals surface area contributed by atoms with Crippen molar-refractivity contribution in [3.05, 3.63) is 59.2 Å². The molecule has 2 aromatic rings. The molecular formula is C16H18F2N2O. The maximum atomic E-state index is 13.9. The fourth-order valence-corrected chi connectivity index (χ4v) is 2.14. The van der Waals surface area contributed by atoms with Gasteiger partial charge in [-0.25, -0.2) is 8.78 Å². The average molecular weight is 292 g/mol. The Morgan fingerprint density at radius 3 is 2.52 bits per heavy atom. The van der Waals surface area contributed by atoms with E-state index in [-0.39, 0.29) is 18.1 Å². The number of aryl methyl sites for hydroxylation is 1. The molecule has 3 N–H and O–H groups in total. The number of ether oxygens (including phenoxy) is 1. The minimum absolute atomic E-state index is 0.125. The maximum Gasteiger partial charge on any atom is 0.165 e. The van der Waals surface area contributed by atoms with Crippen molar-refractivity contribution in [1.82, 2.24) is 0 Å². The van der Waals surface area contributed by atoms with Crippen LogP contribution in [0.4, 0.5) is 14.5 Å². The molecule has 2 rings (SSSR count). The van der Waals surface area contributed by atoms with Gasteiger partial charge >= 0.3 is 0 Å². The number of rotatable bonds is 5. The van der Waals surface area contributed by atoms with E-state index in [1.807, 2.05) is 6.92 Å². The molecule has 21 heavy (non-hydrogen) atoms. The molecule has 1 atom stereocenters. The number of hydrogen-bond donors (Lipinski definition) is 2. The molecule has 0 bridgehead atoms. The van der Waals surface area contributed by atoms with Crippen molar-refractivity contribution in [3.63, 3.8) is 0 Å². The SMILES string of the molecule is COc1cc(NC(CN)c2cc(C)ccc2F)ccc1F. The monoisotopic (exact) mass is 292 g/mol. The zero-order valence-electron chi connectivity index (χ0n) is 12.0. The van der Waals surface area contributed by atoms with Gasteiger partial charge in [0, 0.05) is 23.9 Å². The Balaban J connectivity index is 2.29. The van der Waals surface area contributed by atoms with Crippen molar-refractivity contribution in [2.75, 3.05) is 19.0 Å². The molecule has 5 heteroatoms. The van der Waals surface area contributed by atoms with Crippen LogP contribution in [0.5, 0.6) is 5.75 Å². The summed E-state index contributed by atoms with van der Waals surface area (Å²) in [4.78, 5) is 0. The number of hydrogen-bond acceptors (Lipinski definition) is 3. The first-order valence-corrected chi connectivity index (χ1v) is 6.61. The molecule has 1 unspecified atom stereocenters. The Morgan fingerprint density at radius 1 is 1.14 bits per heavy atom. The standard InChI is InChI=1S/C16H18F2N2O/c1-10-3-5-13(17)12(7-10)15(9-19)20-11-4-6-14(18)16(8-11)21-2/h3-8,15,20H,9,19H2,1-2H3. The van der Waals surface area contributed by atoms with Crippen LogP contribution in [-0.4, -0.2) is 13.7 Å². The van der Waals surface area contributed by atoms with Gasteiger partial charge in [-0.1, -0.05) is 17.7 Å². The van der Waals surface area contributed by atoms with Gasteiger partial charge in [0.2, 0.25) is 0 Å². The largest absolute Gasteiger partial charge is 0.494 e. The van der Waals surface area contributed by atoms with Gasteiger partial charge < -0.3 is 15.8 Å². The lowest BCUT2D eigenvalue weighted by Crippen LogP contribution is -2.22. The summed E-state index contributed by atoms with van der Waals surface area (Å²) in [6.45, 7) is 2.09. The number of benzene rings is 2. The molecule has 0 spiro atoms. The summed E-state index contributed by atoms with van der Waals surface area (Å²) < 4.78 is 32.3. The molecule has 0 aliphatic rings. The van der Waals surface area contributed by atoms with E-state index in [0.29, 0.717) is 11.3 Å². The number of methoxy groups -OCH3 is 1. The van der Waals surface area contributed by atoms with Gasteiger partial charge in [0.05, 0.1) is 13.2 Å². The fraction of sp³-hybridized carbons (Fsp3) is 0.250. The smallest absolute Gasteiger partial charge is 0.165 e. The molecule has 0 amide bonds. The van der Waals surface area contributed by atoms with E-state index in [4.69, 9.17) is 10.5 Å². The van der Waals surface area contributed by atoms with E-state index in [1.165, 1.54) is 25.3 Å². The van der Waals surface area contributed by atoms with Gasteiger partial charge in [-0.05, 0) is 25.1 Å². The minimum Gasteiger partial charge on any atom is -0.494 e. The normalized spacial score (nSPS) is 12.0. The van der Waals surface area contributed by atoms with E-state index in [1.54, 1.807) is 18.2 Å². The molecule has 0 heterocycles. The third-order valence-corrected chi connectivity index (χ3v) is 3.25. The number of halogens is 2. The Bertz CT molecular complexity index is 632. The highest BCUT2D eigenvalue weighted by molar-refractivity contribution is 5.51. The Kier molecular flexibility index (Phi) is 4.75. The van der Waals surface area contributed by atoms with Crippen molar-refractivity contribution in [2.24, 2.45) is 5.73 Å². The second-order valence-electron chi connectivity index (χ2n) is 4.81. The van der Waals surface area contributed by atoms with Crippen molar-refractivity contribution in [1.29, 1.82) is 0 Å². The van der Waals surface area contributed by atoms with Crippen LogP contribution in [0.3, 0.4) is 0 Å². The summed E-state index contributed by atoms with van der Waals surface area (Å²) in [5, 5.41) is 3.10. The van der Waals surface area contributed by atoms with Crippen LogP contribution in [-0.2, 0) is 0 Å². The van der Waals surface area contributed by atoms with Gasteiger partial charge in [-0.2, -0.15) is 0 Å². The predicted octanol–water partition coefficient (Wildman–Crippen LogP) is 3.39. The Labute approximate surface area is 122 Å². The Morgan fingerprint density at radius 2 is 1.86 bits per heavy atom. The first-order chi connectivity index (χ1) is 10.0. The zero-order valence-corrected chi connectivity index (χ0v) is 12.0. The zero-order chi connectivity index (χ0) is 15.4. The van der Waals surface area contributed by atoms with E-state index in [2.05, 4.69) is 5.32 Å². The second kappa shape index (κ2) is 6.54. The van der Waals surface area contributed by atoms with Crippen LogP contribution in [0.15, 0.2) is 36.4 Å². The van der Waals surface area contributed by atoms with Crippen molar-refractivity contribution in [2.45, 2.75) is 13.0 Å². The highest BCUT2D eigenvalue weighted by Crippen LogP contribution is 2.26. The lowest BCUT2D eigenvalue weighted by molar-refractivity contribution is 0.386. The first kappa shape index (κ1) is 15.3. The molecule has 0 radical (unpaired) electrons. The lowest BCUT2D eigenvalue weighted by atomic mass is 10.0. The summed E-state index contributed by atoms with van der Waals surface area (Å²) in [6.07, 6.45) is 0. The topological polar surface area (TPSA) is 47.3 Å². The predicted molar refractivity (Wildman–Crippen MR) is 79.5 cm³/mol. The van der Waals surface area contributed by atoms with Crippen LogP contribution in [0.1, 0.15) is 17.2 Å². The third-order valence-electron chi connectivity index (χ3n) is 3.25. The van der Waals surface area contributed by atoms with E-state index in [0.717, 1.165) is 5.56 Å². The van der Waals surface area contributed by atoms with Gasteiger partial charge in [0.15, 0.2) is 11.6 Å². The summed E-state index contributed by atoms with van der Waals surface area (Å²) in [5.74, 6) is -0.646. The number of anilines is 1. The van der Waals surface area contributed by atoms with Gasteiger partial charge in [0.25, 0.3) is 0 Å². The lowest BCUT2D eigenvalue weighted by Gasteiger charge is -2.20. The Hall–Kier alpha value is -2.14. The van der Waals surface area contributed by atoms with Crippen molar-refractivity contribution < 1.29 is 13.5 Å². The van der Waals surface area contributed by atoms with Crippen molar-refractivity contribution >= 4 is 5.69 Å². The van der Waals surface area contributed by atoms with Crippen LogP contribution in [0.25, 0.3) is 0 Å². The third kappa shape index (κ3) is 3.49.